The van der Waals surface area contributed by atoms with Crippen molar-refractivity contribution in [1.29, 1.82) is 5.26 Å². The van der Waals surface area contributed by atoms with Gasteiger partial charge in [-0.05, 0) is 52.9 Å². The van der Waals surface area contributed by atoms with E-state index in [1.54, 1.807) is 24.3 Å². The second-order valence-corrected chi connectivity index (χ2v) is 9.77. The van der Waals surface area contributed by atoms with Gasteiger partial charge in [0.25, 0.3) is 0 Å². The minimum atomic E-state index is -0.493. The maximum atomic E-state index is 16.6. The number of hydrogen-bond acceptors (Lipinski definition) is 5. The number of aromatic amines is 1. The van der Waals surface area contributed by atoms with Gasteiger partial charge in [0.2, 0.25) is 0 Å². The minimum absolute atomic E-state index is 0.0591. The average Bonchev–Trinajstić information content (AvgIpc) is 3.22. The Morgan fingerprint density at radius 2 is 1.94 bits per heavy atom. The van der Waals surface area contributed by atoms with Crippen LogP contribution < -0.4 is 15.1 Å². The first kappa shape index (κ1) is 21.9. The highest BCUT2D eigenvalue weighted by Gasteiger charge is 2.32. The van der Waals surface area contributed by atoms with Crippen molar-refractivity contribution in [3.8, 4) is 11.8 Å². The molecule has 1 N–H and O–H groups in total. The Kier molecular flexibility index (Phi) is 5.19. The van der Waals surface area contributed by atoms with Crippen LogP contribution in [0.1, 0.15) is 40.7 Å². The molecule has 7 nitrogen and oxygen atoms in total. The first-order valence-electron chi connectivity index (χ1n) is 12.5. The second kappa shape index (κ2) is 8.28. The molecule has 2 aromatic heterocycles. The smallest absolute Gasteiger partial charge is 0.199 e. The molecule has 8 heteroatoms. The summed E-state index contributed by atoms with van der Waals surface area (Å²) >= 11 is 0. The first-order valence-corrected chi connectivity index (χ1v) is 11.8. The van der Waals surface area contributed by atoms with Crippen molar-refractivity contribution in [2.24, 2.45) is 0 Å². The largest absolute Gasteiger partial charge is 0.494 e. The highest BCUT2D eigenvalue weighted by molar-refractivity contribution is 6.10. The fourth-order valence-electron chi connectivity index (χ4n) is 5.43. The Balaban J connectivity index is 1.86. The molecule has 5 rings (SSSR count). The zero-order valence-corrected chi connectivity index (χ0v) is 20.6. The summed E-state index contributed by atoms with van der Waals surface area (Å²) in [5.41, 5.74) is 1.96. The maximum Gasteiger partial charge on any atom is 0.199 e. The van der Waals surface area contributed by atoms with Crippen molar-refractivity contribution in [3.63, 3.8) is 0 Å². The number of hydrogen-bond donors (Lipinski definition) is 1. The lowest BCUT2D eigenvalue weighted by Crippen LogP contribution is -2.55. The van der Waals surface area contributed by atoms with E-state index in [2.05, 4.69) is 16.0 Å². The number of nitrogens with zero attached hydrogens (tertiary/aromatic N) is 4. The van der Waals surface area contributed by atoms with E-state index in [-0.39, 0.29) is 41.5 Å². The molecule has 0 spiro atoms. The van der Waals surface area contributed by atoms with Gasteiger partial charge in [0.1, 0.15) is 17.1 Å². The number of pyridine rings is 1. The zero-order valence-electron chi connectivity index (χ0n) is 21.6. The number of H-pyrrole nitrogens is 1. The number of ether oxygens (including phenoxy) is 1. The molecule has 0 aliphatic carbocycles. The Hall–Kier alpha value is -3.57. The third-order valence-electron chi connectivity index (χ3n) is 7.20. The number of piperazine rings is 1. The van der Waals surface area contributed by atoms with Crippen LogP contribution in [0.25, 0.3) is 32.8 Å². The van der Waals surface area contributed by atoms with Gasteiger partial charge in [0.15, 0.2) is 11.2 Å². The summed E-state index contributed by atoms with van der Waals surface area (Å²) in [7, 11) is 1.68. The quantitative estimate of drug-likeness (QED) is 0.461. The van der Waals surface area contributed by atoms with Crippen LogP contribution in [-0.4, -0.2) is 53.8 Å². The fourth-order valence-corrected chi connectivity index (χ4v) is 5.43. The van der Waals surface area contributed by atoms with E-state index in [1.165, 1.54) is 7.11 Å². The molecular formula is C27H30FN5O2. The third kappa shape index (κ3) is 3.37. The Bertz CT molecular complexity index is 1590. The van der Waals surface area contributed by atoms with Crippen LogP contribution in [0.15, 0.2) is 29.1 Å². The van der Waals surface area contributed by atoms with Crippen molar-refractivity contribution in [1.82, 2.24) is 14.5 Å². The van der Waals surface area contributed by atoms with Gasteiger partial charge in [-0.2, -0.15) is 5.26 Å². The summed E-state index contributed by atoms with van der Waals surface area (Å²) in [5.74, 6) is -0.177. The summed E-state index contributed by atoms with van der Waals surface area (Å²) in [6.45, 7) is 9.07. The van der Waals surface area contributed by atoms with Crippen LogP contribution in [0, 0.1) is 17.1 Å². The van der Waals surface area contributed by atoms with Crippen molar-refractivity contribution >= 4 is 38.5 Å². The minimum Gasteiger partial charge on any atom is -0.494 e. The van der Waals surface area contributed by atoms with Gasteiger partial charge in [-0.1, -0.05) is 6.07 Å². The van der Waals surface area contributed by atoms with Crippen LogP contribution in [0.4, 0.5) is 10.1 Å². The number of likely N-dealkylation sites (N-methyl/N-ethyl adjacent to an activating group) is 1. The summed E-state index contributed by atoms with van der Waals surface area (Å²) in [5, 5.41) is 10.8. The standard InChI is InChI=1S/C27H30FN5O2/c1-14(2)33-24-19(26(34)22-18-8-7-17(11-29)9-20(18)30-27(22)33)10-21(35-6)25(23(24)28)32-12-15(3)31(5)16(4)13-32/h7-10,14-16,30H,12-13H2,1-6H3/t15-,16+/i5D. The number of aromatic nitrogens is 2. The molecule has 1 fully saturated rings. The van der Waals surface area contributed by atoms with Gasteiger partial charge in [-0.25, -0.2) is 4.39 Å². The van der Waals surface area contributed by atoms with Crippen molar-refractivity contribution in [2.45, 2.75) is 45.8 Å². The lowest BCUT2D eigenvalue weighted by Gasteiger charge is -2.44. The molecule has 0 bridgehead atoms. The van der Waals surface area contributed by atoms with Gasteiger partial charge < -0.3 is 19.2 Å². The number of benzene rings is 2. The van der Waals surface area contributed by atoms with Crippen LogP contribution in [0.2, 0.25) is 0 Å². The topological polar surface area (TPSA) is 77.3 Å². The maximum absolute atomic E-state index is 16.6. The van der Waals surface area contributed by atoms with Crippen molar-refractivity contribution in [2.75, 3.05) is 32.1 Å². The number of nitriles is 1. The highest BCUT2D eigenvalue weighted by Crippen LogP contribution is 2.40. The zero-order chi connectivity index (χ0) is 25.9. The predicted octanol–water partition coefficient (Wildman–Crippen LogP) is 4.77. The molecule has 1 aliphatic rings. The third-order valence-corrected chi connectivity index (χ3v) is 7.20. The molecular weight excluding hydrogens is 445 g/mol. The van der Waals surface area contributed by atoms with E-state index in [0.717, 1.165) is 0 Å². The van der Waals surface area contributed by atoms with E-state index in [1.807, 2.05) is 37.2 Å². The number of halogens is 1. The Labute approximate surface area is 204 Å². The molecule has 4 aromatic rings. The summed E-state index contributed by atoms with van der Waals surface area (Å²) in [6, 6.07) is 8.90. The first-order chi connectivity index (χ1) is 17.2. The molecule has 1 saturated heterocycles. The molecule has 182 valence electrons. The summed E-state index contributed by atoms with van der Waals surface area (Å²) in [4.78, 5) is 21.2. The van der Waals surface area contributed by atoms with Gasteiger partial charge in [-0.15, -0.1) is 0 Å². The van der Waals surface area contributed by atoms with E-state index in [9.17, 15) is 10.1 Å². The number of nitrogens with one attached hydrogen (secondary N) is 1. The number of methoxy groups -OCH3 is 1. The van der Waals surface area contributed by atoms with Crippen molar-refractivity contribution < 1.29 is 10.5 Å². The second-order valence-electron chi connectivity index (χ2n) is 9.77. The molecule has 0 unspecified atom stereocenters. The number of fused-ring (bicyclic) bond motifs is 4. The van der Waals surface area contributed by atoms with E-state index in [4.69, 9.17) is 6.11 Å². The molecule has 0 radical (unpaired) electrons. The van der Waals surface area contributed by atoms with Gasteiger partial charge in [-0.3, -0.25) is 9.69 Å². The number of anilines is 1. The molecule has 1 aliphatic heterocycles. The van der Waals surface area contributed by atoms with Crippen LogP contribution in [-0.2, 0) is 0 Å². The van der Waals surface area contributed by atoms with Crippen LogP contribution in [0.3, 0.4) is 0 Å². The Morgan fingerprint density at radius 3 is 2.54 bits per heavy atom. The summed E-state index contributed by atoms with van der Waals surface area (Å²) < 4.78 is 32.0. The normalized spacial score (nSPS) is 19.6. The molecule has 2 aromatic carbocycles. The predicted molar refractivity (Wildman–Crippen MR) is 138 cm³/mol. The van der Waals surface area contributed by atoms with Gasteiger partial charge in [0, 0.05) is 43.5 Å². The lowest BCUT2D eigenvalue weighted by molar-refractivity contribution is 0.169. The Morgan fingerprint density at radius 1 is 1.23 bits per heavy atom. The highest BCUT2D eigenvalue weighted by atomic mass is 19.1. The summed E-state index contributed by atoms with van der Waals surface area (Å²) in [6.07, 6.45) is 0. The lowest BCUT2D eigenvalue weighted by atomic mass is 10.0. The molecule has 0 saturated carbocycles. The average molecular weight is 477 g/mol. The molecule has 35 heavy (non-hydrogen) atoms. The van der Waals surface area contributed by atoms with E-state index >= 15 is 4.39 Å². The van der Waals surface area contributed by atoms with Gasteiger partial charge in [0.05, 0.1) is 35.0 Å². The van der Waals surface area contributed by atoms with Crippen LogP contribution in [0.5, 0.6) is 5.75 Å². The molecule has 3 heterocycles. The van der Waals surface area contributed by atoms with Crippen molar-refractivity contribution in [3.05, 3.63) is 45.9 Å². The van der Waals surface area contributed by atoms with Gasteiger partial charge >= 0.3 is 0 Å². The monoisotopic (exact) mass is 476 g/mol. The van der Waals surface area contributed by atoms with Crippen LogP contribution >= 0.6 is 0 Å². The SMILES string of the molecule is [2H]CN1[C@H](C)CN(c2c(OC)cc3c(=O)c4c5ccc(C#N)cc5[nH]c4n(C(C)C)c3c2F)C[C@@H]1C. The number of rotatable bonds is 3. The van der Waals surface area contributed by atoms with E-state index < -0.39 is 5.82 Å². The molecule has 0 amide bonds. The molecule has 2 atom stereocenters. The van der Waals surface area contributed by atoms with E-state index in [0.29, 0.717) is 52.0 Å². The fraction of sp³-hybridized carbons (Fsp3) is 0.407.